The molecule has 0 aromatic carbocycles. The van der Waals surface area contributed by atoms with E-state index in [1.807, 2.05) is 6.07 Å². The van der Waals surface area contributed by atoms with Gasteiger partial charge in [0.05, 0.1) is 11.8 Å². The minimum atomic E-state index is -0.109. The van der Waals surface area contributed by atoms with E-state index in [0.717, 1.165) is 18.4 Å². The van der Waals surface area contributed by atoms with Crippen molar-refractivity contribution in [3.05, 3.63) is 41.2 Å². The van der Waals surface area contributed by atoms with Gasteiger partial charge in [-0.2, -0.15) is 0 Å². The summed E-state index contributed by atoms with van der Waals surface area (Å²) in [5.41, 5.74) is 1.09. The number of nitrogens with one attached hydrogen (secondary N) is 2. The molecule has 8 heteroatoms. The summed E-state index contributed by atoms with van der Waals surface area (Å²) in [6, 6.07) is 3.73. The fourth-order valence-electron chi connectivity index (χ4n) is 4.73. The van der Waals surface area contributed by atoms with Crippen LogP contribution < -0.4 is 10.6 Å². The van der Waals surface area contributed by atoms with E-state index in [0.29, 0.717) is 37.2 Å². The Kier molecular flexibility index (Phi) is 5.85. The molecule has 2 aliphatic carbocycles. The van der Waals surface area contributed by atoms with Gasteiger partial charge in [0.15, 0.2) is 5.96 Å². The first kappa shape index (κ1) is 19.9. The molecule has 4 atom stereocenters. The Morgan fingerprint density at radius 3 is 2.48 bits per heavy atom. The summed E-state index contributed by atoms with van der Waals surface area (Å²) in [5.74, 6) is 1.06. The van der Waals surface area contributed by atoms with Gasteiger partial charge in [-0.25, -0.2) is 4.98 Å². The average molecular weight is 416 g/mol. The molecule has 2 heterocycles. The standard InChI is InChI=1S/C21H26ClN5O2/c1-23-21(25-9-7-13-3-6-16(22)26-12-13)24-8-2-10-27-19(28)17-14-4-5-15(11-14)18(17)20(27)29/h3-6,12,14-15,17-18H,2,7-11H2,1H3,(H2,23,24,25). The Balaban J connectivity index is 1.17. The van der Waals surface area contributed by atoms with Crippen molar-refractivity contribution in [2.24, 2.45) is 28.7 Å². The lowest BCUT2D eigenvalue weighted by Crippen LogP contribution is -2.40. The third kappa shape index (κ3) is 4.01. The second-order valence-electron chi connectivity index (χ2n) is 7.85. The van der Waals surface area contributed by atoms with Gasteiger partial charge in [0.1, 0.15) is 5.15 Å². The largest absolute Gasteiger partial charge is 0.356 e. The maximum Gasteiger partial charge on any atom is 0.233 e. The molecule has 1 saturated heterocycles. The smallest absolute Gasteiger partial charge is 0.233 e. The molecule has 29 heavy (non-hydrogen) atoms. The Labute approximate surface area is 175 Å². The van der Waals surface area contributed by atoms with E-state index in [-0.39, 0.29) is 35.5 Å². The molecule has 1 aromatic rings. The number of hydrogen-bond acceptors (Lipinski definition) is 4. The number of amides is 2. The van der Waals surface area contributed by atoms with Gasteiger partial charge >= 0.3 is 0 Å². The summed E-state index contributed by atoms with van der Waals surface area (Å²) in [6.45, 7) is 1.81. The molecule has 2 N–H and O–H groups in total. The highest BCUT2D eigenvalue weighted by molar-refractivity contribution is 6.29. The van der Waals surface area contributed by atoms with E-state index in [9.17, 15) is 9.59 Å². The quantitative estimate of drug-likeness (QED) is 0.176. The zero-order valence-electron chi connectivity index (χ0n) is 16.5. The van der Waals surface area contributed by atoms with Gasteiger partial charge in [-0.15, -0.1) is 0 Å². The summed E-state index contributed by atoms with van der Waals surface area (Å²) >= 11 is 5.79. The zero-order valence-corrected chi connectivity index (χ0v) is 17.2. The van der Waals surface area contributed by atoms with Crippen molar-refractivity contribution in [2.75, 3.05) is 26.7 Å². The molecule has 7 nitrogen and oxygen atoms in total. The summed E-state index contributed by atoms with van der Waals surface area (Å²) in [4.78, 5) is 35.1. The van der Waals surface area contributed by atoms with E-state index in [1.54, 1.807) is 19.3 Å². The summed E-state index contributed by atoms with van der Waals surface area (Å²) in [5, 5.41) is 6.98. The van der Waals surface area contributed by atoms with Crippen LogP contribution in [0.1, 0.15) is 18.4 Å². The number of aromatic nitrogens is 1. The van der Waals surface area contributed by atoms with Crippen molar-refractivity contribution >= 4 is 29.4 Å². The van der Waals surface area contributed by atoms with Crippen LogP contribution in [0.5, 0.6) is 0 Å². The molecular formula is C21H26ClN5O2. The van der Waals surface area contributed by atoms with E-state index in [2.05, 4.69) is 32.8 Å². The molecule has 3 aliphatic rings. The second kappa shape index (κ2) is 8.53. The predicted octanol–water partition coefficient (Wildman–Crippen LogP) is 1.64. The SMILES string of the molecule is CN=C(NCCCN1C(=O)C2C3C=CC(C3)C2C1=O)NCCc1ccc(Cl)nc1. The molecule has 1 aliphatic heterocycles. The fourth-order valence-corrected chi connectivity index (χ4v) is 4.84. The topological polar surface area (TPSA) is 86.7 Å². The summed E-state index contributed by atoms with van der Waals surface area (Å²) in [7, 11) is 1.72. The van der Waals surface area contributed by atoms with E-state index >= 15 is 0 Å². The Bertz CT molecular complexity index is 808. The summed E-state index contributed by atoms with van der Waals surface area (Å²) < 4.78 is 0. The highest BCUT2D eigenvalue weighted by atomic mass is 35.5. The highest BCUT2D eigenvalue weighted by Crippen LogP contribution is 2.52. The van der Waals surface area contributed by atoms with Crippen LogP contribution >= 0.6 is 11.6 Å². The van der Waals surface area contributed by atoms with Crippen LogP contribution in [-0.2, 0) is 16.0 Å². The van der Waals surface area contributed by atoms with Gasteiger partial charge in [-0.3, -0.25) is 19.5 Å². The third-order valence-corrected chi connectivity index (χ3v) is 6.35. The number of fused-ring (bicyclic) bond motifs is 5. The Morgan fingerprint density at radius 2 is 1.86 bits per heavy atom. The van der Waals surface area contributed by atoms with Crippen molar-refractivity contribution in [3.63, 3.8) is 0 Å². The molecule has 4 rings (SSSR count). The van der Waals surface area contributed by atoms with Crippen molar-refractivity contribution in [2.45, 2.75) is 19.3 Å². The number of aliphatic imine (C=N–C) groups is 1. The lowest BCUT2D eigenvalue weighted by Gasteiger charge is -2.18. The number of hydrogen-bond donors (Lipinski definition) is 2. The fraction of sp³-hybridized carbons (Fsp3) is 0.524. The number of rotatable bonds is 7. The van der Waals surface area contributed by atoms with Crippen LogP contribution in [0, 0.1) is 23.7 Å². The van der Waals surface area contributed by atoms with E-state index in [4.69, 9.17) is 11.6 Å². The van der Waals surface area contributed by atoms with Crippen molar-refractivity contribution < 1.29 is 9.59 Å². The van der Waals surface area contributed by atoms with Gasteiger partial charge in [0, 0.05) is 32.9 Å². The number of allylic oxidation sites excluding steroid dienone is 2. The molecular weight excluding hydrogens is 390 g/mol. The van der Waals surface area contributed by atoms with Crippen LogP contribution in [0.25, 0.3) is 0 Å². The second-order valence-corrected chi connectivity index (χ2v) is 8.23. The first-order valence-electron chi connectivity index (χ1n) is 10.2. The molecule has 0 radical (unpaired) electrons. The summed E-state index contributed by atoms with van der Waals surface area (Å²) in [6.07, 6.45) is 8.48. The van der Waals surface area contributed by atoms with Crippen LogP contribution in [-0.4, -0.2) is 54.3 Å². The lowest BCUT2D eigenvalue weighted by molar-refractivity contribution is -0.140. The Hall–Kier alpha value is -2.41. The lowest BCUT2D eigenvalue weighted by atomic mass is 9.85. The van der Waals surface area contributed by atoms with Crippen LogP contribution in [0.15, 0.2) is 35.5 Å². The number of guanidine groups is 1. The maximum atomic E-state index is 12.7. The van der Waals surface area contributed by atoms with E-state index < -0.39 is 0 Å². The Morgan fingerprint density at radius 1 is 1.17 bits per heavy atom. The predicted molar refractivity (Wildman–Crippen MR) is 111 cm³/mol. The monoisotopic (exact) mass is 415 g/mol. The van der Waals surface area contributed by atoms with Crippen LogP contribution in [0.4, 0.5) is 0 Å². The minimum absolute atomic E-state index is 0.0240. The highest BCUT2D eigenvalue weighted by Gasteiger charge is 2.58. The number of nitrogens with zero attached hydrogens (tertiary/aromatic N) is 3. The van der Waals surface area contributed by atoms with Gasteiger partial charge in [-0.05, 0) is 42.7 Å². The number of imide groups is 1. The minimum Gasteiger partial charge on any atom is -0.356 e. The van der Waals surface area contributed by atoms with Crippen molar-refractivity contribution in [1.29, 1.82) is 0 Å². The molecule has 1 aromatic heterocycles. The van der Waals surface area contributed by atoms with Gasteiger partial charge in [-0.1, -0.05) is 29.8 Å². The average Bonchev–Trinajstić information content (AvgIpc) is 3.40. The first-order valence-corrected chi connectivity index (χ1v) is 10.5. The number of carbonyl (C=O) groups is 2. The molecule has 154 valence electrons. The van der Waals surface area contributed by atoms with Crippen LogP contribution in [0.3, 0.4) is 0 Å². The van der Waals surface area contributed by atoms with E-state index in [1.165, 1.54) is 4.90 Å². The van der Waals surface area contributed by atoms with Gasteiger partial charge < -0.3 is 10.6 Å². The third-order valence-electron chi connectivity index (χ3n) is 6.13. The van der Waals surface area contributed by atoms with Crippen molar-refractivity contribution in [1.82, 2.24) is 20.5 Å². The first-order chi connectivity index (χ1) is 14.1. The number of carbonyl (C=O) groups excluding carboxylic acids is 2. The molecule has 0 spiro atoms. The molecule has 4 unspecified atom stereocenters. The number of likely N-dealkylation sites (tertiary alicyclic amines) is 1. The molecule has 2 amide bonds. The van der Waals surface area contributed by atoms with Gasteiger partial charge in [0.2, 0.25) is 11.8 Å². The molecule has 2 bridgehead atoms. The maximum absolute atomic E-state index is 12.7. The normalized spacial score (nSPS) is 27.7. The van der Waals surface area contributed by atoms with Gasteiger partial charge in [0.25, 0.3) is 0 Å². The van der Waals surface area contributed by atoms with Crippen LogP contribution in [0.2, 0.25) is 5.15 Å². The zero-order chi connectivity index (χ0) is 20.4. The number of halogens is 1. The molecule has 1 saturated carbocycles. The number of pyridine rings is 1. The van der Waals surface area contributed by atoms with Crippen molar-refractivity contribution in [3.8, 4) is 0 Å². The molecule has 2 fully saturated rings.